The summed E-state index contributed by atoms with van der Waals surface area (Å²) in [7, 11) is -3.08. The van der Waals surface area contributed by atoms with Crippen LogP contribution < -0.4 is 5.32 Å². The molecule has 2 rings (SSSR count). The molecule has 1 fully saturated rings. The summed E-state index contributed by atoms with van der Waals surface area (Å²) in [5, 5.41) is 22.7. The predicted molar refractivity (Wildman–Crippen MR) is 77.7 cm³/mol. The van der Waals surface area contributed by atoms with Gasteiger partial charge in [-0.1, -0.05) is 0 Å². The van der Waals surface area contributed by atoms with E-state index in [2.05, 4.69) is 5.32 Å². The molecule has 1 saturated carbocycles. The summed E-state index contributed by atoms with van der Waals surface area (Å²) in [4.78, 5) is 10.5. The van der Waals surface area contributed by atoms with Crippen LogP contribution in [0.25, 0.3) is 0 Å². The van der Waals surface area contributed by atoms with Crippen molar-refractivity contribution in [2.45, 2.75) is 12.8 Å². The topological polar surface area (TPSA) is 113 Å². The summed E-state index contributed by atoms with van der Waals surface area (Å²) in [6, 6.07) is 6.03. The minimum Gasteiger partial charge on any atom is -0.379 e. The summed E-state index contributed by atoms with van der Waals surface area (Å²) in [6.45, 7) is 0.368. The summed E-state index contributed by atoms with van der Waals surface area (Å²) < 4.78 is 22.8. The molecule has 0 atom stereocenters. The van der Waals surface area contributed by atoms with Gasteiger partial charge >= 0.3 is 0 Å². The molecule has 0 bridgehead atoms. The lowest BCUT2D eigenvalue weighted by Crippen LogP contribution is -2.24. The molecule has 0 unspecified atom stereocenters. The second-order valence-corrected chi connectivity index (χ2v) is 7.66. The smallest absolute Gasteiger partial charge is 0.293 e. The van der Waals surface area contributed by atoms with Gasteiger partial charge in [-0.05, 0) is 25.0 Å². The molecule has 1 aromatic rings. The van der Waals surface area contributed by atoms with E-state index in [0.29, 0.717) is 12.2 Å². The van der Waals surface area contributed by atoms with Crippen molar-refractivity contribution in [1.29, 1.82) is 5.26 Å². The zero-order valence-electron chi connectivity index (χ0n) is 11.5. The van der Waals surface area contributed by atoms with E-state index in [1.54, 1.807) is 0 Å². The van der Waals surface area contributed by atoms with Crippen molar-refractivity contribution in [3.63, 3.8) is 0 Å². The summed E-state index contributed by atoms with van der Waals surface area (Å²) in [5.74, 6) is 0.0804. The van der Waals surface area contributed by atoms with E-state index in [1.165, 1.54) is 24.5 Å². The molecule has 1 aliphatic rings. The van der Waals surface area contributed by atoms with Crippen LogP contribution in [-0.2, 0) is 9.84 Å². The Morgan fingerprint density at radius 1 is 1.48 bits per heavy atom. The number of nitro benzene ring substituents is 1. The number of nitrogens with zero attached hydrogens (tertiary/aromatic N) is 2. The monoisotopic (exact) mass is 309 g/mol. The van der Waals surface area contributed by atoms with Gasteiger partial charge in [0.1, 0.15) is 15.5 Å². The number of sulfone groups is 1. The summed E-state index contributed by atoms with van der Waals surface area (Å²) in [5.41, 5.74) is 0.0162. The molecule has 1 aliphatic carbocycles. The highest BCUT2D eigenvalue weighted by Gasteiger charge is 2.45. The standard InChI is InChI=1S/C13H15N3O4S/c1-21(19,20)9-13(4-5-13)8-15-11-3-2-10(7-14)6-12(11)16(17)18/h2-3,6,15H,4-5,8-9H2,1H3. The normalized spacial score (nSPS) is 16.0. The number of hydrogen-bond acceptors (Lipinski definition) is 6. The van der Waals surface area contributed by atoms with E-state index in [4.69, 9.17) is 5.26 Å². The molecule has 21 heavy (non-hydrogen) atoms. The molecule has 0 saturated heterocycles. The minimum absolute atomic E-state index is 0.0804. The van der Waals surface area contributed by atoms with E-state index in [-0.39, 0.29) is 22.4 Å². The molecule has 0 aromatic heterocycles. The van der Waals surface area contributed by atoms with Crippen LogP contribution in [0.1, 0.15) is 18.4 Å². The van der Waals surface area contributed by atoms with E-state index in [0.717, 1.165) is 12.8 Å². The predicted octanol–water partition coefficient (Wildman–Crippen LogP) is 1.70. The Labute approximate surface area is 122 Å². The van der Waals surface area contributed by atoms with Crippen LogP contribution in [0.4, 0.5) is 11.4 Å². The Kier molecular flexibility index (Phi) is 3.87. The average molecular weight is 309 g/mol. The lowest BCUT2D eigenvalue weighted by Gasteiger charge is -2.15. The van der Waals surface area contributed by atoms with Crippen molar-refractivity contribution in [2.75, 3.05) is 23.9 Å². The number of rotatable bonds is 6. The van der Waals surface area contributed by atoms with Crippen molar-refractivity contribution in [2.24, 2.45) is 5.41 Å². The maximum atomic E-state index is 11.4. The number of nitrogens with one attached hydrogen (secondary N) is 1. The molecule has 0 radical (unpaired) electrons. The second kappa shape index (κ2) is 5.33. The fraction of sp³-hybridized carbons (Fsp3) is 0.462. The van der Waals surface area contributed by atoms with Crippen LogP contribution in [0, 0.1) is 26.9 Å². The van der Waals surface area contributed by atoms with E-state index < -0.39 is 14.8 Å². The van der Waals surface area contributed by atoms with Crippen molar-refractivity contribution < 1.29 is 13.3 Å². The number of nitro groups is 1. The number of anilines is 1. The van der Waals surface area contributed by atoms with Crippen LogP contribution in [0.5, 0.6) is 0 Å². The van der Waals surface area contributed by atoms with Crippen LogP contribution in [0.3, 0.4) is 0 Å². The summed E-state index contributed by atoms with van der Waals surface area (Å²) >= 11 is 0. The van der Waals surface area contributed by atoms with Gasteiger partial charge in [0, 0.05) is 24.3 Å². The quantitative estimate of drug-likeness (QED) is 0.632. The summed E-state index contributed by atoms with van der Waals surface area (Å²) in [6.07, 6.45) is 2.77. The SMILES string of the molecule is CS(=O)(=O)CC1(CNc2ccc(C#N)cc2[N+](=O)[O-])CC1. The second-order valence-electron chi connectivity index (χ2n) is 5.52. The lowest BCUT2D eigenvalue weighted by atomic mass is 10.1. The van der Waals surface area contributed by atoms with Crippen LogP contribution in [0.15, 0.2) is 18.2 Å². The average Bonchev–Trinajstić information content (AvgIpc) is 3.14. The molecule has 0 heterocycles. The van der Waals surface area contributed by atoms with Crippen LogP contribution >= 0.6 is 0 Å². The highest BCUT2D eigenvalue weighted by molar-refractivity contribution is 7.90. The Morgan fingerprint density at radius 3 is 2.62 bits per heavy atom. The highest BCUT2D eigenvalue weighted by atomic mass is 32.2. The van der Waals surface area contributed by atoms with Gasteiger partial charge in [-0.25, -0.2) is 8.42 Å². The number of benzene rings is 1. The molecule has 0 aliphatic heterocycles. The van der Waals surface area contributed by atoms with Gasteiger partial charge in [-0.3, -0.25) is 10.1 Å². The van der Waals surface area contributed by atoms with E-state index in [1.807, 2.05) is 6.07 Å². The fourth-order valence-electron chi connectivity index (χ4n) is 2.29. The third-order valence-electron chi connectivity index (χ3n) is 3.50. The first-order chi connectivity index (χ1) is 9.75. The molecule has 8 heteroatoms. The van der Waals surface area contributed by atoms with Gasteiger partial charge in [0.2, 0.25) is 0 Å². The molecule has 0 spiro atoms. The zero-order chi connectivity index (χ0) is 15.7. The minimum atomic E-state index is -3.08. The van der Waals surface area contributed by atoms with E-state index in [9.17, 15) is 18.5 Å². The van der Waals surface area contributed by atoms with E-state index >= 15 is 0 Å². The molecule has 0 amide bonds. The molecule has 1 N–H and O–H groups in total. The van der Waals surface area contributed by atoms with Gasteiger partial charge in [-0.15, -0.1) is 0 Å². The third-order valence-corrected chi connectivity index (χ3v) is 4.64. The Hall–Kier alpha value is -2.14. The third kappa shape index (κ3) is 3.92. The number of nitriles is 1. The molecular formula is C13H15N3O4S. The van der Waals surface area contributed by atoms with Gasteiger partial charge < -0.3 is 5.32 Å². The van der Waals surface area contributed by atoms with Crippen LogP contribution in [-0.4, -0.2) is 31.9 Å². The van der Waals surface area contributed by atoms with Crippen molar-refractivity contribution in [3.8, 4) is 6.07 Å². The Morgan fingerprint density at radius 2 is 2.14 bits per heavy atom. The highest BCUT2D eigenvalue weighted by Crippen LogP contribution is 2.47. The van der Waals surface area contributed by atoms with Crippen molar-refractivity contribution >= 4 is 21.2 Å². The zero-order valence-corrected chi connectivity index (χ0v) is 12.3. The Balaban J connectivity index is 2.14. The first-order valence-electron chi connectivity index (χ1n) is 6.35. The molecule has 1 aromatic carbocycles. The molecule has 112 valence electrons. The first kappa shape index (κ1) is 15.3. The lowest BCUT2D eigenvalue weighted by molar-refractivity contribution is -0.384. The first-order valence-corrected chi connectivity index (χ1v) is 8.41. The van der Waals surface area contributed by atoms with Gasteiger partial charge in [-0.2, -0.15) is 5.26 Å². The maximum Gasteiger partial charge on any atom is 0.293 e. The number of hydrogen-bond donors (Lipinski definition) is 1. The van der Waals surface area contributed by atoms with Crippen molar-refractivity contribution in [1.82, 2.24) is 0 Å². The fourth-order valence-corrected chi connectivity index (χ4v) is 3.79. The molecule has 7 nitrogen and oxygen atoms in total. The van der Waals surface area contributed by atoms with Gasteiger partial charge in [0.15, 0.2) is 0 Å². The Bertz CT molecular complexity index is 717. The molecular weight excluding hydrogens is 294 g/mol. The van der Waals surface area contributed by atoms with Gasteiger partial charge in [0.05, 0.1) is 22.3 Å². The largest absolute Gasteiger partial charge is 0.379 e. The van der Waals surface area contributed by atoms with Crippen LogP contribution in [0.2, 0.25) is 0 Å². The maximum absolute atomic E-state index is 11.4. The van der Waals surface area contributed by atoms with Crippen molar-refractivity contribution in [3.05, 3.63) is 33.9 Å². The van der Waals surface area contributed by atoms with Gasteiger partial charge in [0.25, 0.3) is 5.69 Å².